The Morgan fingerprint density at radius 1 is 1.36 bits per heavy atom. The quantitative estimate of drug-likeness (QED) is 0.673. The van der Waals surface area contributed by atoms with Crippen LogP contribution in [-0.4, -0.2) is 37.6 Å². The topological polar surface area (TPSA) is 74.8 Å². The highest BCUT2D eigenvalue weighted by Gasteiger charge is 2.13. The second kappa shape index (κ2) is 6.15. The van der Waals surface area contributed by atoms with E-state index in [-0.39, 0.29) is 12.4 Å². The van der Waals surface area contributed by atoms with Gasteiger partial charge < -0.3 is 4.74 Å². The minimum Gasteiger partial charge on any atom is -0.466 e. The van der Waals surface area contributed by atoms with Crippen LogP contribution in [0.15, 0.2) is 30.5 Å². The fourth-order valence-corrected chi connectivity index (χ4v) is 2.48. The van der Waals surface area contributed by atoms with Crippen molar-refractivity contribution in [1.82, 2.24) is 25.0 Å². The standard InChI is InChI=1S/C14H14ClN5O2/c1-2-22-14(21)7-6-13-16-17-18-20(13)19-9-8-10-11(15)4-3-5-12(10)19/h3-5,8-9H,2,6-7H2,1H3. The van der Waals surface area contributed by atoms with Crippen LogP contribution in [0.3, 0.4) is 0 Å². The second-order valence-corrected chi connectivity index (χ2v) is 5.03. The molecule has 3 rings (SSSR count). The summed E-state index contributed by atoms with van der Waals surface area (Å²) in [6.07, 6.45) is 2.46. The Morgan fingerprint density at radius 3 is 3.05 bits per heavy atom. The highest BCUT2D eigenvalue weighted by atomic mass is 35.5. The Labute approximate surface area is 131 Å². The largest absolute Gasteiger partial charge is 0.466 e. The molecule has 0 saturated carbocycles. The van der Waals surface area contributed by atoms with Crippen LogP contribution in [0.1, 0.15) is 19.2 Å². The van der Waals surface area contributed by atoms with E-state index >= 15 is 0 Å². The normalized spacial score (nSPS) is 11.0. The minimum absolute atomic E-state index is 0.230. The van der Waals surface area contributed by atoms with Crippen LogP contribution in [0, 0.1) is 0 Å². The van der Waals surface area contributed by atoms with Crippen LogP contribution in [0.5, 0.6) is 0 Å². The molecule has 3 aromatic rings. The lowest BCUT2D eigenvalue weighted by Crippen LogP contribution is -2.15. The molecule has 1 aromatic carbocycles. The van der Waals surface area contributed by atoms with Crippen LogP contribution < -0.4 is 0 Å². The molecule has 0 aliphatic carbocycles. The van der Waals surface area contributed by atoms with Crippen molar-refractivity contribution in [3.05, 3.63) is 41.3 Å². The van der Waals surface area contributed by atoms with E-state index in [1.54, 1.807) is 16.4 Å². The molecule has 0 bridgehead atoms. The number of hydrogen-bond acceptors (Lipinski definition) is 5. The number of aryl methyl sites for hydroxylation is 1. The molecule has 0 amide bonds. The van der Waals surface area contributed by atoms with E-state index in [1.807, 2.05) is 30.5 Å². The maximum Gasteiger partial charge on any atom is 0.306 e. The Kier molecular flexibility index (Phi) is 4.06. The molecule has 8 heteroatoms. The maximum atomic E-state index is 11.5. The van der Waals surface area contributed by atoms with Crippen molar-refractivity contribution in [2.45, 2.75) is 19.8 Å². The molecule has 0 aliphatic heterocycles. The number of halogens is 1. The van der Waals surface area contributed by atoms with Crippen molar-refractivity contribution in [3.63, 3.8) is 0 Å². The number of benzene rings is 1. The van der Waals surface area contributed by atoms with Gasteiger partial charge in [-0.25, -0.2) is 4.68 Å². The summed E-state index contributed by atoms with van der Waals surface area (Å²) in [6.45, 7) is 2.14. The first-order chi connectivity index (χ1) is 10.7. The molecular formula is C14H14ClN5O2. The molecule has 0 N–H and O–H groups in total. The summed E-state index contributed by atoms with van der Waals surface area (Å²) in [6, 6.07) is 7.52. The molecule has 0 radical (unpaired) electrons. The van der Waals surface area contributed by atoms with Gasteiger partial charge >= 0.3 is 5.97 Å². The third-order valence-electron chi connectivity index (χ3n) is 3.24. The van der Waals surface area contributed by atoms with Crippen LogP contribution in [-0.2, 0) is 16.0 Å². The number of carbonyl (C=O) groups is 1. The first-order valence-corrected chi connectivity index (χ1v) is 7.27. The third-order valence-corrected chi connectivity index (χ3v) is 3.57. The molecular weight excluding hydrogens is 306 g/mol. The molecule has 0 unspecified atom stereocenters. The molecule has 7 nitrogen and oxygen atoms in total. The molecule has 0 atom stereocenters. The van der Waals surface area contributed by atoms with Gasteiger partial charge in [-0.05, 0) is 35.5 Å². The van der Waals surface area contributed by atoms with Crippen molar-refractivity contribution < 1.29 is 9.53 Å². The van der Waals surface area contributed by atoms with Gasteiger partial charge in [0.15, 0.2) is 5.82 Å². The van der Waals surface area contributed by atoms with Gasteiger partial charge in [0.05, 0.1) is 23.6 Å². The molecule has 0 fully saturated rings. The van der Waals surface area contributed by atoms with Crippen molar-refractivity contribution in [3.8, 4) is 0 Å². The highest BCUT2D eigenvalue weighted by Crippen LogP contribution is 2.24. The zero-order chi connectivity index (χ0) is 15.5. The Morgan fingerprint density at radius 2 is 2.23 bits per heavy atom. The van der Waals surface area contributed by atoms with Gasteiger partial charge in [0.2, 0.25) is 0 Å². The number of hydrogen-bond donors (Lipinski definition) is 0. The van der Waals surface area contributed by atoms with Crippen molar-refractivity contribution in [1.29, 1.82) is 0 Å². The average molecular weight is 320 g/mol. The zero-order valence-electron chi connectivity index (χ0n) is 11.9. The number of fused-ring (bicyclic) bond motifs is 1. The third kappa shape index (κ3) is 2.67. The summed E-state index contributed by atoms with van der Waals surface area (Å²) >= 11 is 6.17. The molecule has 2 heterocycles. The van der Waals surface area contributed by atoms with E-state index in [2.05, 4.69) is 15.5 Å². The smallest absolute Gasteiger partial charge is 0.306 e. The maximum absolute atomic E-state index is 11.5. The predicted octanol–water partition coefficient (Wildman–Crippen LogP) is 2.09. The first kappa shape index (κ1) is 14.5. The second-order valence-electron chi connectivity index (χ2n) is 4.62. The number of ether oxygens (including phenoxy) is 1. The van der Waals surface area contributed by atoms with Crippen molar-refractivity contribution in [2.75, 3.05) is 6.61 Å². The van der Waals surface area contributed by atoms with Gasteiger partial charge in [-0.3, -0.25) is 4.79 Å². The lowest BCUT2D eigenvalue weighted by atomic mass is 10.2. The van der Waals surface area contributed by atoms with Gasteiger partial charge in [-0.1, -0.05) is 17.7 Å². The van der Waals surface area contributed by atoms with E-state index in [0.29, 0.717) is 23.9 Å². The lowest BCUT2D eigenvalue weighted by molar-refractivity contribution is -0.143. The summed E-state index contributed by atoms with van der Waals surface area (Å²) in [5.41, 5.74) is 0.886. The van der Waals surface area contributed by atoms with Gasteiger partial charge in [0.25, 0.3) is 0 Å². The number of carbonyl (C=O) groups excluding carboxylic acids is 1. The van der Waals surface area contributed by atoms with Crippen LogP contribution >= 0.6 is 11.6 Å². The molecule has 22 heavy (non-hydrogen) atoms. The lowest BCUT2D eigenvalue weighted by Gasteiger charge is -2.07. The molecule has 0 spiro atoms. The van der Waals surface area contributed by atoms with E-state index in [0.717, 1.165) is 10.9 Å². The summed E-state index contributed by atoms with van der Waals surface area (Å²) in [5.74, 6) is 0.308. The number of tetrazole rings is 1. The summed E-state index contributed by atoms with van der Waals surface area (Å²) < 4.78 is 6.71. The predicted molar refractivity (Wildman–Crippen MR) is 80.5 cm³/mol. The SMILES string of the molecule is CCOC(=O)CCc1nnnn1-n1ccc2c(Cl)cccc21. The van der Waals surface area contributed by atoms with E-state index in [1.165, 1.54) is 0 Å². The summed E-state index contributed by atoms with van der Waals surface area (Å²) in [4.78, 5) is 13.0. The van der Waals surface area contributed by atoms with E-state index in [4.69, 9.17) is 16.3 Å². The highest BCUT2D eigenvalue weighted by molar-refractivity contribution is 6.35. The average Bonchev–Trinajstić information content (AvgIpc) is 3.12. The Hall–Kier alpha value is -2.41. The molecule has 2 aromatic heterocycles. The van der Waals surface area contributed by atoms with Crippen LogP contribution in [0.2, 0.25) is 5.02 Å². The van der Waals surface area contributed by atoms with Gasteiger partial charge in [-0.15, -0.1) is 9.89 Å². The Balaban J connectivity index is 1.90. The number of aromatic nitrogens is 5. The van der Waals surface area contributed by atoms with Gasteiger partial charge in [0, 0.05) is 18.0 Å². The summed E-state index contributed by atoms with van der Waals surface area (Å²) in [7, 11) is 0. The summed E-state index contributed by atoms with van der Waals surface area (Å²) in [5, 5.41) is 13.2. The molecule has 114 valence electrons. The minimum atomic E-state index is -0.266. The van der Waals surface area contributed by atoms with Crippen molar-refractivity contribution in [2.24, 2.45) is 0 Å². The van der Waals surface area contributed by atoms with Crippen LogP contribution in [0.4, 0.5) is 0 Å². The molecule has 0 saturated heterocycles. The fraction of sp³-hybridized carbons (Fsp3) is 0.286. The van der Waals surface area contributed by atoms with Gasteiger partial charge in [0.1, 0.15) is 0 Å². The van der Waals surface area contributed by atoms with E-state index in [9.17, 15) is 4.79 Å². The van der Waals surface area contributed by atoms with E-state index < -0.39 is 0 Å². The monoisotopic (exact) mass is 319 g/mol. The first-order valence-electron chi connectivity index (χ1n) is 6.90. The van der Waals surface area contributed by atoms with Crippen molar-refractivity contribution >= 4 is 28.5 Å². The van der Waals surface area contributed by atoms with Crippen LogP contribution in [0.25, 0.3) is 10.9 Å². The zero-order valence-corrected chi connectivity index (χ0v) is 12.7. The number of rotatable bonds is 5. The fourth-order valence-electron chi connectivity index (χ4n) is 2.25. The number of esters is 1. The number of nitrogens with zero attached hydrogens (tertiary/aromatic N) is 5. The molecule has 0 aliphatic rings. The van der Waals surface area contributed by atoms with Gasteiger partial charge in [-0.2, -0.15) is 0 Å². The Bertz CT molecular complexity index is 811.